The Hall–Kier alpha value is -2.29. The van der Waals surface area contributed by atoms with Crippen LogP contribution in [0.15, 0.2) is 60.7 Å². The van der Waals surface area contributed by atoms with Gasteiger partial charge in [-0.05, 0) is 24.0 Å². The van der Waals surface area contributed by atoms with Crippen molar-refractivity contribution in [1.29, 1.82) is 0 Å². The highest BCUT2D eigenvalue weighted by Crippen LogP contribution is 2.27. The van der Waals surface area contributed by atoms with Crippen LogP contribution in [0.1, 0.15) is 29.9 Å². The predicted molar refractivity (Wildman–Crippen MR) is 86.6 cm³/mol. The summed E-state index contributed by atoms with van der Waals surface area (Å²) >= 11 is 0. The number of rotatable bonds is 3. The number of nitrogens with zero attached hydrogens (tertiary/aromatic N) is 1. The van der Waals surface area contributed by atoms with Gasteiger partial charge in [0.1, 0.15) is 6.61 Å². The summed E-state index contributed by atoms with van der Waals surface area (Å²) in [7, 11) is 0. The zero-order valence-corrected chi connectivity index (χ0v) is 12.7. The number of amides is 1. The van der Waals surface area contributed by atoms with Gasteiger partial charge < -0.3 is 9.64 Å². The third-order valence-corrected chi connectivity index (χ3v) is 4.16. The zero-order chi connectivity index (χ0) is 15.2. The summed E-state index contributed by atoms with van der Waals surface area (Å²) in [6.45, 7) is 1.88. The van der Waals surface area contributed by atoms with Gasteiger partial charge in [0, 0.05) is 19.0 Å². The van der Waals surface area contributed by atoms with Crippen LogP contribution < -0.4 is 0 Å². The minimum Gasteiger partial charge on any atom is -0.445 e. The van der Waals surface area contributed by atoms with Crippen LogP contribution >= 0.6 is 0 Å². The summed E-state index contributed by atoms with van der Waals surface area (Å²) in [5.41, 5.74) is 2.33. The van der Waals surface area contributed by atoms with Crippen LogP contribution in [0.25, 0.3) is 0 Å². The first kappa shape index (κ1) is 14.6. The van der Waals surface area contributed by atoms with Crippen molar-refractivity contribution in [1.82, 2.24) is 4.90 Å². The van der Waals surface area contributed by atoms with Gasteiger partial charge in [-0.15, -0.1) is 0 Å². The first-order chi connectivity index (χ1) is 10.8. The van der Waals surface area contributed by atoms with E-state index in [0.717, 1.165) is 31.5 Å². The van der Waals surface area contributed by atoms with Gasteiger partial charge in [-0.2, -0.15) is 0 Å². The highest BCUT2D eigenvalue weighted by Gasteiger charge is 2.25. The maximum absolute atomic E-state index is 12.3. The average molecular weight is 295 g/mol. The summed E-state index contributed by atoms with van der Waals surface area (Å²) in [5.74, 6) is 0.416. The standard InChI is InChI=1S/C19H21NO2/c21-19(22-15-16-8-3-1-4-9-16)20-13-7-12-18(14-20)17-10-5-2-6-11-17/h1-6,8-11,18H,7,12-15H2. The Morgan fingerprint density at radius 3 is 2.45 bits per heavy atom. The minimum absolute atomic E-state index is 0.204. The molecule has 1 unspecified atom stereocenters. The molecule has 0 spiro atoms. The number of carbonyl (C=O) groups is 1. The second-order valence-electron chi connectivity index (χ2n) is 5.74. The molecule has 3 rings (SSSR count). The lowest BCUT2D eigenvalue weighted by atomic mass is 9.91. The topological polar surface area (TPSA) is 29.5 Å². The van der Waals surface area contributed by atoms with Gasteiger partial charge in [-0.3, -0.25) is 0 Å². The number of piperidine rings is 1. The van der Waals surface area contributed by atoms with Gasteiger partial charge in [0.15, 0.2) is 0 Å². The molecule has 2 aromatic rings. The van der Waals surface area contributed by atoms with E-state index in [1.165, 1.54) is 5.56 Å². The number of hydrogen-bond donors (Lipinski definition) is 0. The molecular weight excluding hydrogens is 274 g/mol. The van der Waals surface area contributed by atoms with Crippen molar-refractivity contribution < 1.29 is 9.53 Å². The molecule has 1 atom stereocenters. The number of benzene rings is 2. The molecule has 2 aromatic carbocycles. The smallest absolute Gasteiger partial charge is 0.410 e. The highest BCUT2D eigenvalue weighted by molar-refractivity contribution is 5.67. The second kappa shape index (κ2) is 7.12. The number of carbonyl (C=O) groups excluding carboxylic acids is 1. The quantitative estimate of drug-likeness (QED) is 0.849. The Bertz CT molecular complexity index is 597. The van der Waals surface area contributed by atoms with E-state index in [2.05, 4.69) is 24.3 Å². The molecule has 1 aliphatic rings. The van der Waals surface area contributed by atoms with E-state index >= 15 is 0 Å². The van der Waals surface area contributed by atoms with Crippen LogP contribution in [0.3, 0.4) is 0 Å². The van der Waals surface area contributed by atoms with Gasteiger partial charge in [0.25, 0.3) is 0 Å². The Labute approximate surface area is 131 Å². The van der Waals surface area contributed by atoms with E-state index in [0.29, 0.717) is 12.5 Å². The van der Waals surface area contributed by atoms with E-state index < -0.39 is 0 Å². The van der Waals surface area contributed by atoms with Crippen LogP contribution in [-0.4, -0.2) is 24.1 Å². The van der Waals surface area contributed by atoms with Gasteiger partial charge in [0.2, 0.25) is 0 Å². The summed E-state index contributed by atoms with van der Waals surface area (Å²) in [5, 5.41) is 0. The molecule has 0 N–H and O–H groups in total. The van der Waals surface area contributed by atoms with Crippen molar-refractivity contribution in [3.8, 4) is 0 Å². The SMILES string of the molecule is O=C(OCc1ccccc1)N1CCCC(c2ccccc2)C1. The molecule has 0 aliphatic carbocycles. The van der Waals surface area contributed by atoms with Crippen LogP contribution in [0.4, 0.5) is 4.79 Å². The molecule has 0 aromatic heterocycles. The van der Waals surface area contributed by atoms with E-state index in [4.69, 9.17) is 4.74 Å². The lowest BCUT2D eigenvalue weighted by Crippen LogP contribution is -2.39. The fourth-order valence-electron chi connectivity index (χ4n) is 2.95. The molecule has 1 heterocycles. The largest absolute Gasteiger partial charge is 0.445 e. The third-order valence-electron chi connectivity index (χ3n) is 4.16. The molecule has 0 saturated carbocycles. The molecule has 3 heteroatoms. The summed E-state index contributed by atoms with van der Waals surface area (Å²) < 4.78 is 5.44. The molecule has 1 aliphatic heterocycles. The van der Waals surface area contributed by atoms with E-state index in [1.54, 1.807) is 0 Å². The molecule has 1 amide bonds. The molecule has 1 saturated heterocycles. The maximum atomic E-state index is 12.3. The third kappa shape index (κ3) is 3.67. The fraction of sp³-hybridized carbons (Fsp3) is 0.316. The second-order valence-corrected chi connectivity index (χ2v) is 5.74. The summed E-state index contributed by atoms with van der Waals surface area (Å²) in [4.78, 5) is 14.1. The summed E-state index contributed by atoms with van der Waals surface area (Å²) in [6.07, 6.45) is 1.96. The first-order valence-corrected chi connectivity index (χ1v) is 7.83. The minimum atomic E-state index is -0.204. The lowest BCUT2D eigenvalue weighted by Gasteiger charge is -2.32. The van der Waals surface area contributed by atoms with Crippen molar-refractivity contribution in [2.45, 2.75) is 25.4 Å². The van der Waals surface area contributed by atoms with E-state index in [1.807, 2.05) is 41.3 Å². The number of ether oxygens (including phenoxy) is 1. The Morgan fingerprint density at radius 2 is 1.73 bits per heavy atom. The van der Waals surface area contributed by atoms with Crippen LogP contribution in [0.2, 0.25) is 0 Å². The molecular formula is C19H21NO2. The maximum Gasteiger partial charge on any atom is 0.410 e. The fourth-order valence-corrected chi connectivity index (χ4v) is 2.95. The van der Waals surface area contributed by atoms with Gasteiger partial charge in [-0.1, -0.05) is 60.7 Å². The van der Waals surface area contributed by atoms with Crippen molar-refractivity contribution in [3.05, 3.63) is 71.8 Å². The Kier molecular flexibility index (Phi) is 4.74. The van der Waals surface area contributed by atoms with Gasteiger partial charge in [0.05, 0.1) is 0 Å². The predicted octanol–water partition coefficient (Wildman–Crippen LogP) is 4.20. The number of hydrogen-bond acceptors (Lipinski definition) is 2. The lowest BCUT2D eigenvalue weighted by molar-refractivity contribution is 0.0859. The van der Waals surface area contributed by atoms with Crippen LogP contribution in [0.5, 0.6) is 0 Å². The van der Waals surface area contributed by atoms with Gasteiger partial charge in [-0.25, -0.2) is 4.79 Å². The Morgan fingerprint density at radius 1 is 1.05 bits per heavy atom. The molecule has 22 heavy (non-hydrogen) atoms. The van der Waals surface area contributed by atoms with Crippen molar-refractivity contribution in [2.75, 3.05) is 13.1 Å². The monoisotopic (exact) mass is 295 g/mol. The van der Waals surface area contributed by atoms with Crippen LogP contribution in [-0.2, 0) is 11.3 Å². The van der Waals surface area contributed by atoms with E-state index in [9.17, 15) is 4.79 Å². The zero-order valence-electron chi connectivity index (χ0n) is 12.7. The van der Waals surface area contributed by atoms with Crippen molar-refractivity contribution >= 4 is 6.09 Å². The molecule has 0 bridgehead atoms. The normalized spacial score (nSPS) is 18.0. The first-order valence-electron chi connectivity index (χ1n) is 7.83. The van der Waals surface area contributed by atoms with Gasteiger partial charge >= 0.3 is 6.09 Å². The van der Waals surface area contributed by atoms with Crippen LogP contribution in [0, 0.1) is 0 Å². The van der Waals surface area contributed by atoms with Crippen molar-refractivity contribution in [3.63, 3.8) is 0 Å². The molecule has 1 fully saturated rings. The highest BCUT2D eigenvalue weighted by atomic mass is 16.6. The molecule has 114 valence electrons. The van der Waals surface area contributed by atoms with E-state index in [-0.39, 0.29) is 6.09 Å². The number of likely N-dealkylation sites (tertiary alicyclic amines) is 1. The van der Waals surface area contributed by atoms with Crippen molar-refractivity contribution in [2.24, 2.45) is 0 Å². The average Bonchev–Trinajstić information content (AvgIpc) is 2.61. The molecule has 0 radical (unpaired) electrons. The molecule has 3 nitrogen and oxygen atoms in total. The summed E-state index contributed by atoms with van der Waals surface area (Å²) in [6, 6.07) is 20.2. The Balaban J connectivity index is 1.56.